The van der Waals surface area contributed by atoms with Gasteiger partial charge in [0, 0.05) is 22.5 Å². The van der Waals surface area contributed by atoms with Gasteiger partial charge in [0.05, 0.1) is 18.4 Å². The third-order valence-electron chi connectivity index (χ3n) is 3.71. The normalized spacial score (nSPS) is 10.4. The molecule has 0 bridgehead atoms. The van der Waals surface area contributed by atoms with Crippen LogP contribution in [-0.2, 0) is 6.54 Å². The number of benzene rings is 2. The summed E-state index contributed by atoms with van der Waals surface area (Å²) in [4.78, 5) is 11.5. The first kappa shape index (κ1) is 18.1. The highest BCUT2D eigenvalue weighted by molar-refractivity contribution is 7.80. The monoisotopic (exact) mass is 384 g/mol. The van der Waals surface area contributed by atoms with E-state index in [-0.39, 0.29) is 5.78 Å². The van der Waals surface area contributed by atoms with Crippen molar-refractivity contribution in [2.24, 2.45) is 0 Å². The third-order valence-corrected chi connectivity index (χ3v) is 4.28. The van der Waals surface area contributed by atoms with Gasteiger partial charge in [-0.25, -0.2) is 0 Å². The van der Waals surface area contributed by atoms with Crippen LogP contribution in [0.3, 0.4) is 0 Å². The molecule has 3 rings (SSSR count). The number of halogens is 1. The minimum Gasteiger partial charge on any atom is -0.332 e. The van der Waals surface area contributed by atoms with E-state index in [1.807, 2.05) is 42.6 Å². The summed E-state index contributed by atoms with van der Waals surface area (Å²) in [5, 5.41) is 11.6. The van der Waals surface area contributed by atoms with Gasteiger partial charge < -0.3 is 10.6 Å². The summed E-state index contributed by atoms with van der Waals surface area (Å²) in [6.07, 6.45) is 3.54. The van der Waals surface area contributed by atoms with Crippen molar-refractivity contribution < 1.29 is 4.79 Å². The first-order valence-corrected chi connectivity index (χ1v) is 8.75. The van der Waals surface area contributed by atoms with Gasteiger partial charge in [0.1, 0.15) is 0 Å². The van der Waals surface area contributed by atoms with Crippen molar-refractivity contribution >= 4 is 46.1 Å². The fourth-order valence-corrected chi connectivity index (χ4v) is 2.86. The number of carbonyl (C=O) groups excluding carboxylic acids is 1. The summed E-state index contributed by atoms with van der Waals surface area (Å²) in [5.74, 6) is 0.00776. The molecule has 0 fully saturated rings. The first-order valence-electron chi connectivity index (χ1n) is 7.96. The van der Waals surface area contributed by atoms with Crippen molar-refractivity contribution in [1.29, 1.82) is 0 Å². The number of nitrogens with zero attached hydrogens (tertiary/aromatic N) is 2. The van der Waals surface area contributed by atoms with Crippen molar-refractivity contribution in [3.05, 3.63) is 77.1 Å². The standard InChI is InChI=1S/C19H17ClN4OS/c1-13(25)14-6-4-7-16(9-14)22-19(26)23-17-10-21-24(12-17)11-15-5-2-3-8-18(15)20/h2-10,12H,11H2,1H3,(H2,22,23,26). The first-order chi connectivity index (χ1) is 12.5. The molecule has 2 aromatic carbocycles. The van der Waals surface area contributed by atoms with E-state index >= 15 is 0 Å². The predicted octanol–water partition coefficient (Wildman–Crippen LogP) is 4.60. The summed E-state index contributed by atoms with van der Waals surface area (Å²) in [7, 11) is 0. The predicted molar refractivity (Wildman–Crippen MR) is 109 cm³/mol. The largest absolute Gasteiger partial charge is 0.332 e. The molecule has 5 nitrogen and oxygen atoms in total. The summed E-state index contributed by atoms with van der Waals surface area (Å²) in [6, 6.07) is 14.8. The molecule has 1 heterocycles. The maximum atomic E-state index is 11.5. The molecule has 0 saturated carbocycles. The molecule has 0 spiro atoms. The molecule has 0 aliphatic heterocycles. The molecule has 2 N–H and O–H groups in total. The number of ketones is 1. The quantitative estimate of drug-likeness (QED) is 0.497. The van der Waals surface area contributed by atoms with E-state index in [2.05, 4.69) is 15.7 Å². The number of carbonyl (C=O) groups is 1. The summed E-state index contributed by atoms with van der Waals surface area (Å²) in [6.45, 7) is 2.10. The van der Waals surface area contributed by atoms with Crippen LogP contribution in [0.15, 0.2) is 60.9 Å². The zero-order chi connectivity index (χ0) is 18.5. The molecule has 0 unspecified atom stereocenters. The van der Waals surface area contributed by atoms with E-state index in [0.29, 0.717) is 22.2 Å². The Kier molecular flexibility index (Phi) is 5.65. The van der Waals surface area contributed by atoms with E-state index in [0.717, 1.165) is 16.9 Å². The topological polar surface area (TPSA) is 59.0 Å². The van der Waals surface area contributed by atoms with Gasteiger partial charge >= 0.3 is 0 Å². The second-order valence-corrected chi connectivity index (χ2v) is 6.55. The fourth-order valence-electron chi connectivity index (χ4n) is 2.43. The molecule has 1 aromatic heterocycles. The van der Waals surface area contributed by atoms with E-state index in [1.165, 1.54) is 6.92 Å². The Balaban J connectivity index is 1.62. The van der Waals surface area contributed by atoms with E-state index < -0.39 is 0 Å². The molecule has 132 valence electrons. The van der Waals surface area contributed by atoms with Gasteiger partial charge in [0.25, 0.3) is 0 Å². The molecule has 26 heavy (non-hydrogen) atoms. The highest BCUT2D eigenvalue weighted by atomic mass is 35.5. The van der Waals surface area contributed by atoms with Gasteiger partial charge in [-0.15, -0.1) is 0 Å². The minimum absolute atomic E-state index is 0.00776. The Bertz CT molecular complexity index is 954. The molecule has 0 aliphatic carbocycles. The lowest BCUT2D eigenvalue weighted by Gasteiger charge is -2.09. The van der Waals surface area contributed by atoms with Gasteiger partial charge in [-0.3, -0.25) is 9.48 Å². The maximum Gasteiger partial charge on any atom is 0.175 e. The smallest absolute Gasteiger partial charge is 0.175 e. The Labute approximate surface area is 162 Å². The Morgan fingerprint density at radius 3 is 2.69 bits per heavy atom. The lowest BCUT2D eigenvalue weighted by molar-refractivity contribution is 0.101. The summed E-state index contributed by atoms with van der Waals surface area (Å²) < 4.78 is 1.78. The fraction of sp³-hybridized carbons (Fsp3) is 0.105. The van der Waals surface area contributed by atoms with Gasteiger partial charge in [-0.05, 0) is 42.9 Å². The Morgan fingerprint density at radius 1 is 1.15 bits per heavy atom. The number of hydrogen-bond donors (Lipinski definition) is 2. The summed E-state index contributed by atoms with van der Waals surface area (Å²) >= 11 is 11.5. The zero-order valence-electron chi connectivity index (χ0n) is 14.1. The number of rotatable bonds is 5. The molecule has 0 radical (unpaired) electrons. The highest BCUT2D eigenvalue weighted by Crippen LogP contribution is 2.17. The lowest BCUT2D eigenvalue weighted by Crippen LogP contribution is -2.19. The van der Waals surface area contributed by atoms with Crippen LogP contribution in [0.5, 0.6) is 0 Å². The number of anilines is 2. The number of Topliss-reactive ketones (excluding diaryl/α,β-unsaturated/α-hetero) is 1. The SMILES string of the molecule is CC(=O)c1cccc(NC(=S)Nc2cnn(Cc3ccccc3Cl)c2)c1. The van der Waals surface area contributed by atoms with Crippen LogP contribution in [-0.4, -0.2) is 20.7 Å². The van der Waals surface area contributed by atoms with Gasteiger partial charge in [0.2, 0.25) is 0 Å². The molecule has 0 amide bonds. The second-order valence-electron chi connectivity index (χ2n) is 5.73. The second kappa shape index (κ2) is 8.12. The van der Waals surface area contributed by atoms with E-state index in [4.69, 9.17) is 23.8 Å². The van der Waals surface area contributed by atoms with E-state index in [1.54, 1.807) is 23.0 Å². The van der Waals surface area contributed by atoms with Crippen molar-refractivity contribution in [2.75, 3.05) is 10.6 Å². The van der Waals surface area contributed by atoms with Crippen LogP contribution in [0.4, 0.5) is 11.4 Å². The number of hydrogen-bond acceptors (Lipinski definition) is 3. The zero-order valence-corrected chi connectivity index (χ0v) is 15.6. The van der Waals surface area contributed by atoms with Gasteiger partial charge in [-0.1, -0.05) is 41.9 Å². The van der Waals surface area contributed by atoms with Crippen LogP contribution in [0.1, 0.15) is 22.8 Å². The highest BCUT2D eigenvalue weighted by Gasteiger charge is 2.06. The Morgan fingerprint density at radius 2 is 1.92 bits per heavy atom. The third kappa shape index (κ3) is 4.68. The number of thiocarbonyl (C=S) groups is 1. The van der Waals surface area contributed by atoms with Crippen molar-refractivity contribution in [2.45, 2.75) is 13.5 Å². The van der Waals surface area contributed by atoms with Crippen LogP contribution in [0.25, 0.3) is 0 Å². The lowest BCUT2D eigenvalue weighted by atomic mass is 10.1. The van der Waals surface area contributed by atoms with Gasteiger partial charge in [0.15, 0.2) is 10.9 Å². The molecule has 3 aromatic rings. The number of aromatic nitrogens is 2. The molecule has 0 saturated heterocycles. The van der Waals surface area contributed by atoms with Crippen LogP contribution in [0.2, 0.25) is 5.02 Å². The molecule has 0 atom stereocenters. The molecular weight excluding hydrogens is 368 g/mol. The molecule has 7 heteroatoms. The van der Waals surface area contributed by atoms with Crippen molar-refractivity contribution in [3.8, 4) is 0 Å². The van der Waals surface area contributed by atoms with E-state index in [9.17, 15) is 4.79 Å². The maximum absolute atomic E-state index is 11.5. The summed E-state index contributed by atoms with van der Waals surface area (Å²) in [5.41, 5.74) is 3.13. The van der Waals surface area contributed by atoms with Crippen molar-refractivity contribution in [3.63, 3.8) is 0 Å². The van der Waals surface area contributed by atoms with Gasteiger partial charge in [-0.2, -0.15) is 5.10 Å². The van der Waals surface area contributed by atoms with Crippen LogP contribution < -0.4 is 10.6 Å². The van der Waals surface area contributed by atoms with Crippen LogP contribution >= 0.6 is 23.8 Å². The average molecular weight is 385 g/mol. The Hall–Kier alpha value is -2.70. The molecular formula is C19H17ClN4OS. The average Bonchev–Trinajstić information content (AvgIpc) is 3.04. The number of nitrogens with one attached hydrogen (secondary N) is 2. The van der Waals surface area contributed by atoms with Crippen LogP contribution in [0, 0.1) is 0 Å². The molecule has 0 aliphatic rings. The van der Waals surface area contributed by atoms with Crippen molar-refractivity contribution in [1.82, 2.24) is 9.78 Å². The minimum atomic E-state index is 0.00776.